The number of benzene rings is 3. The number of phenols is 1. The summed E-state index contributed by atoms with van der Waals surface area (Å²) >= 11 is 0. The van der Waals surface area contributed by atoms with E-state index in [0.717, 1.165) is 15.7 Å². The quantitative estimate of drug-likeness (QED) is 0.699. The van der Waals surface area contributed by atoms with E-state index in [-0.39, 0.29) is 17.6 Å². The van der Waals surface area contributed by atoms with Crippen molar-refractivity contribution in [1.82, 2.24) is 0 Å². The van der Waals surface area contributed by atoms with Gasteiger partial charge in [-0.2, -0.15) is 0 Å². The lowest BCUT2D eigenvalue weighted by molar-refractivity contribution is 0.0926. The second-order valence-corrected chi connectivity index (χ2v) is 5.21. The summed E-state index contributed by atoms with van der Waals surface area (Å²) in [4.78, 5) is 26.3. The van der Waals surface area contributed by atoms with Crippen molar-refractivity contribution in [2.75, 3.05) is 4.90 Å². The second kappa shape index (κ2) is 4.43. The Morgan fingerprint density at radius 2 is 1.23 bits per heavy atom. The van der Waals surface area contributed by atoms with Gasteiger partial charge < -0.3 is 5.11 Å². The highest BCUT2D eigenvalue weighted by Crippen LogP contribution is 2.32. The van der Waals surface area contributed by atoms with Gasteiger partial charge in [-0.25, -0.2) is 4.90 Å². The molecule has 0 bridgehead atoms. The molecule has 2 amide bonds. The zero-order valence-corrected chi connectivity index (χ0v) is 11.5. The number of hydrogen-bond donors (Lipinski definition) is 1. The molecule has 4 rings (SSSR count). The van der Waals surface area contributed by atoms with Crippen molar-refractivity contribution in [1.29, 1.82) is 0 Å². The molecule has 0 aromatic heterocycles. The second-order valence-electron chi connectivity index (χ2n) is 5.21. The predicted molar refractivity (Wildman–Crippen MR) is 83.2 cm³/mol. The number of rotatable bonds is 1. The van der Waals surface area contributed by atoms with Gasteiger partial charge in [-0.15, -0.1) is 0 Å². The molecule has 1 aliphatic rings. The van der Waals surface area contributed by atoms with E-state index >= 15 is 0 Å². The number of amides is 2. The lowest BCUT2D eigenvalue weighted by Crippen LogP contribution is -2.29. The fourth-order valence-corrected chi connectivity index (χ4v) is 2.76. The molecular formula is C18H11NO3. The van der Waals surface area contributed by atoms with Crippen LogP contribution in [0.15, 0.2) is 60.7 Å². The van der Waals surface area contributed by atoms with Gasteiger partial charge in [0.25, 0.3) is 11.8 Å². The number of imide groups is 1. The molecule has 4 heteroatoms. The summed E-state index contributed by atoms with van der Waals surface area (Å²) in [6.07, 6.45) is 0. The summed E-state index contributed by atoms with van der Waals surface area (Å²) in [6.45, 7) is 0. The Balaban J connectivity index is 1.88. The van der Waals surface area contributed by atoms with Crippen LogP contribution < -0.4 is 4.90 Å². The smallest absolute Gasteiger partial charge is 0.266 e. The molecule has 0 aliphatic carbocycles. The van der Waals surface area contributed by atoms with Crippen molar-refractivity contribution in [2.45, 2.75) is 0 Å². The molecule has 0 unspecified atom stereocenters. The summed E-state index contributed by atoms with van der Waals surface area (Å²) in [5.74, 6) is -0.584. The summed E-state index contributed by atoms with van der Waals surface area (Å²) in [6, 6.07) is 17.1. The van der Waals surface area contributed by atoms with Crippen LogP contribution in [0.1, 0.15) is 20.7 Å². The van der Waals surface area contributed by atoms with Gasteiger partial charge in [0.15, 0.2) is 0 Å². The van der Waals surface area contributed by atoms with Crippen LogP contribution in [0.4, 0.5) is 5.69 Å². The average molecular weight is 289 g/mol. The van der Waals surface area contributed by atoms with E-state index in [1.165, 1.54) is 12.1 Å². The van der Waals surface area contributed by atoms with Crippen LogP contribution in [0.3, 0.4) is 0 Å². The van der Waals surface area contributed by atoms with E-state index in [9.17, 15) is 14.7 Å². The average Bonchev–Trinajstić information content (AvgIpc) is 2.78. The van der Waals surface area contributed by atoms with Gasteiger partial charge in [0, 0.05) is 0 Å². The van der Waals surface area contributed by atoms with Crippen LogP contribution in [-0.4, -0.2) is 16.9 Å². The van der Waals surface area contributed by atoms with Crippen molar-refractivity contribution in [3.8, 4) is 5.75 Å². The van der Waals surface area contributed by atoms with Crippen LogP contribution in [0.2, 0.25) is 0 Å². The molecule has 0 saturated heterocycles. The molecule has 0 atom stereocenters. The maximum Gasteiger partial charge on any atom is 0.266 e. The predicted octanol–water partition coefficient (Wildman–Crippen LogP) is 3.35. The third-order valence-electron chi connectivity index (χ3n) is 3.86. The van der Waals surface area contributed by atoms with Crippen LogP contribution in [0, 0.1) is 0 Å². The fourth-order valence-electron chi connectivity index (χ4n) is 2.76. The van der Waals surface area contributed by atoms with Gasteiger partial charge in [-0.3, -0.25) is 9.59 Å². The van der Waals surface area contributed by atoms with Crippen LogP contribution in [-0.2, 0) is 0 Å². The molecule has 0 radical (unpaired) electrons. The first kappa shape index (κ1) is 12.6. The summed E-state index contributed by atoms with van der Waals surface area (Å²) in [5.41, 5.74) is 1.28. The largest absolute Gasteiger partial charge is 0.508 e. The number of fused-ring (bicyclic) bond motifs is 2. The minimum atomic E-state index is -0.337. The van der Waals surface area contributed by atoms with E-state index in [1.807, 2.05) is 24.3 Å². The van der Waals surface area contributed by atoms with E-state index in [0.29, 0.717) is 16.8 Å². The number of aromatic hydroxyl groups is 1. The molecule has 106 valence electrons. The summed E-state index contributed by atoms with van der Waals surface area (Å²) < 4.78 is 0. The first-order valence-corrected chi connectivity index (χ1v) is 6.86. The Morgan fingerprint density at radius 1 is 0.727 bits per heavy atom. The van der Waals surface area contributed by atoms with Gasteiger partial charge >= 0.3 is 0 Å². The van der Waals surface area contributed by atoms with Crippen molar-refractivity contribution in [3.05, 3.63) is 71.8 Å². The van der Waals surface area contributed by atoms with Crippen molar-refractivity contribution in [3.63, 3.8) is 0 Å². The zero-order valence-electron chi connectivity index (χ0n) is 11.5. The van der Waals surface area contributed by atoms with Crippen molar-refractivity contribution in [2.24, 2.45) is 0 Å². The lowest BCUT2D eigenvalue weighted by Gasteiger charge is -2.13. The third kappa shape index (κ3) is 1.71. The SMILES string of the molecule is O=C1c2cc3ccccc3cc2C(=O)N1c1ccc(O)cc1. The maximum atomic E-state index is 12.6. The van der Waals surface area contributed by atoms with Crippen LogP contribution >= 0.6 is 0 Å². The molecule has 1 heterocycles. The highest BCUT2D eigenvalue weighted by atomic mass is 16.3. The van der Waals surface area contributed by atoms with Crippen molar-refractivity contribution < 1.29 is 14.7 Å². The Labute approximate surface area is 126 Å². The number of hydrogen-bond acceptors (Lipinski definition) is 3. The molecule has 3 aromatic rings. The Kier molecular flexibility index (Phi) is 2.53. The lowest BCUT2D eigenvalue weighted by atomic mass is 10.0. The Bertz CT molecular complexity index is 874. The molecule has 1 N–H and O–H groups in total. The summed E-state index contributed by atoms with van der Waals surface area (Å²) in [5, 5.41) is 11.2. The zero-order chi connectivity index (χ0) is 15.3. The molecule has 1 aliphatic heterocycles. The van der Waals surface area contributed by atoms with E-state index in [2.05, 4.69) is 0 Å². The van der Waals surface area contributed by atoms with E-state index in [1.54, 1.807) is 24.3 Å². The molecule has 0 fully saturated rings. The highest BCUT2D eigenvalue weighted by Gasteiger charge is 2.36. The molecule has 3 aromatic carbocycles. The first-order valence-electron chi connectivity index (χ1n) is 6.86. The molecular weight excluding hydrogens is 278 g/mol. The van der Waals surface area contributed by atoms with Crippen LogP contribution in [0.25, 0.3) is 10.8 Å². The summed E-state index contributed by atoms with van der Waals surface area (Å²) in [7, 11) is 0. The minimum Gasteiger partial charge on any atom is -0.508 e. The molecule has 4 nitrogen and oxygen atoms in total. The highest BCUT2D eigenvalue weighted by molar-refractivity contribution is 6.35. The fraction of sp³-hybridized carbons (Fsp3) is 0. The standard InChI is InChI=1S/C18H11NO3/c20-14-7-5-13(6-8-14)19-17(21)15-9-11-3-1-2-4-12(11)10-16(15)18(19)22/h1-10,20H. The van der Waals surface area contributed by atoms with Gasteiger partial charge in [0.1, 0.15) is 5.75 Å². The minimum absolute atomic E-state index is 0.0890. The number of anilines is 1. The number of phenolic OH excluding ortho intramolecular Hbond substituents is 1. The van der Waals surface area contributed by atoms with Crippen LogP contribution in [0.5, 0.6) is 5.75 Å². The third-order valence-corrected chi connectivity index (χ3v) is 3.86. The number of carbonyl (C=O) groups is 2. The first-order chi connectivity index (χ1) is 10.6. The van der Waals surface area contributed by atoms with E-state index < -0.39 is 0 Å². The van der Waals surface area contributed by atoms with Gasteiger partial charge in [-0.1, -0.05) is 24.3 Å². The Hall–Kier alpha value is -3.14. The number of carbonyl (C=O) groups excluding carboxylic acids is 2. The molecule has 0 saturated carbocycles. The van der Waals surface area contributed by atoms with Gasteiger partial charge in [0.2, 0.25) is 0 Å². The normalized spacial score (nSPS) is 13.7. The maximum absolute atomic E-state index is 12.6. The van der Waals surface area contributed by atoms with E-state index in [4.69, 9.17) is 0 Å². The number of nitrogens with zero attached hydrogens (tertiary/aromatic N) is 1. The van der Waals surface area contributed by atoms with Gasteiger partial charge in [0.05, 0.1) is 16.8 Å². The Morgan fingerprint density at radius 3 is 1.73 bits per heavy atom. The molecule has 0 spiro atoms. The van der Waals surface area contributed by atoms with Crippen molar-refractivity contribution >= 4 is 28.3 Å². The monoisotopic (exact) mass is 289 g/mol. The molecule has 22 heavy (non-hydrogen) atoms. The van der Waals surface area contributed by atoms with Gasteiger partial charge in [-0.05, 0) is 47.2 Å². The topological polar surface area (TPSA) is 57.6 Å².